The number of rotatable bonds is 5. The van der Waals surface area contributed by atoms with Crippen molar-refractivity contribution in [1.82, 2.24) is 15.3 Å². The van der Waals surface area contributed by atoms with Gasteiger partial charge in [-0.3, -0.25) is 4.79 Å². The van der Waals surface area contributed by atoms with Crippen LogP contribution >= 0.6 is 15.9 Å². The summed E-state index contributed by atoms with van der Waals surface area (Å²) in [6.07, 6.45) is -2.71. The molecule has 2 aromatic heterocycles. The fraction of sp³-hybridized carbons (Fsp3) is 0.400. The fourth-order valence-corrected chi connectivity index (χ4v) is 2.48. The lowest BCUT2D eigenvalue weighted by Crippen LogP contribution is -2.26. The van der Waals surface area contributed by atoms with Crippen molar-refractivity contribution in [2.24, 2.45) is 0 Å². The van der Waals surface area contributed by atoms with Gasteiger partial charge in [-0.25, -0.2) is 9.97 Å². The van der Waals surface area contributed by atoms with Gasteiger partial charge in [0.1, 0.15) is 11.5 Å². The number of carbonyl (C=O) groups is 1. The van der Waals surface area contributed by atoms with E-state index in [-0.39, 0.29) is 30.5 Å². The summed E-state index contributed by atoms with van der Waals surface area (Å²) in [6, 6.07) is 4.08. The van der Waals surface area contributed by atoms with Gasteiger partial charge in [-0.05, 0) is 47.0 Å². The molecule has 0 aromatic carbocycles. The van der Waals surface area contributed by atoms with E-state index in [9.17, 15) is 18.0 Å². The summed E-state index contributed by atoms with van der Waals surface area (Å²) in [4.78, 5) is 19.6. The number of furan rings is 1. The molecule has 1 aliphatic rings. The molecule has 3 rings (SSSR count). The summed E-state index contributed by atoms with van der Waals surface area (Å²) in [5.74, 6) is -0.170. The van der Waals surface area contributed by atoms with E-state index in [1.54, 1.807) is 6.07 Å². The minimum atomic E-state index is -4.51. The average Bonchev–Trinajstić information content (AvgIpc) is 3.27. The van der Waals surface area contributed by atoms with Crippen LogP contribution in [0.3, 0.4) is 0 Å². The molecule has 2 aromatic rings. The Kier molecular flexibility index (Phi) is 4.62. The molecule has 0 bridgehead atoms. The molecule has 24 heavy (non-hydrogen) atoms. The van der Waals surface area contributed by atoms with Crippen molar-refractivity contribution >= 4 is 21.8 Å². The highest BCUT2D eigenvalue weighted by molar-refractivity contribution is 9.10. The lowest BCUT2D eigenvalue weighted by atomic mass is 10.2. The van der Waals surface area contributed by atoms with Gasteiger partial charge in [-0.2, -0.15) is 13.2 Å². The second-order valence-corrected chi connectivity index (χ2v) is 6.26. The maximum atomic E-state index is 12.9. The van der Waals surface area contributed by atoms with E-state index in [2.05, 4.69) is 31.2 Å². The Morgan fingerprint density at radius 2 is 2.08 bits per heavy atom. The minimum absolute atomic E-state index is 0.0765. The van der Waals surface area contributed by atoms with Crippen molar-refractivity contribution in [2.75, 3.05) is 6.54 Å². The highest BCUT2D eigenvalue weighted by Crippen LogP contribution is 2.40. The molecular formula is C15H13BrF3N3O2. The van der Waals surface area contributed by atoms with Gasteiger partial charge in [0.15, 0.2) is 10.4 Å². The van der Waals surface area contributed by atoms with Crippen LogP contribution < -0.4 is 5.32 Å². The number of carbonyl (C=O) groups excluding carboxylic acids is 1. The smallest absolute Gasteiger partial charge is 0.433 e. The molecule has 5 nitrogen and oxygen atoms in total. The first-order chi connectivity index (χ1) is 11.3. The normalized spacial score (nSPS) is 14.7. The van der Waals surface area contributed by atoms with Crippen molar-refractivity contribution in [3.63, 3.8) is 0 Å². The third-order valence-corrected chi connectivity index (χ3v) is 3.94. The maximum absolute atomic E-state index is 12.9. The topological polar surface area (TPSA) is 68.0 Å². The van der Waals surface area contributed by atoms with Gasteiger partial charge in [0.05, 0.1) is 0 Å². The minimum Gasteiger partial charge on any atom is -0.444 e. The second-order valence-electron chi connectivity index (χ2n) is 5.48. The van der Waals surface area contributed by atoms with Crippen LogP contribution in [0.15, 0.2) is 27.3 Å². The van der Waals surface area contributed by atoms with Crippen LogP contribution in [0.25, 0.3) is 0 Å². The van der Waals surface area contributed by atoms with Gasteiger partial charge in [-0.15, -0.1) is 0 Å². The lowest BCUT2D eigenvalue weighted by molar-refractivity contribution is -0.141. The number of hydrogen-bond donors (Lipinski definition) is 1. The number of alkyl halides is 3. The first-order valence-corrected chi connectivity index (χ1v) is 8.11. The molecule has 2 heterocycles. The molecule has 0 spiro atoms. The van der Waals surface area contributed by atoms with E-state index >= 15 is 0 Å². The number of amides is 1. The number of aromatic nitrogens is 2. The van der Waals surface area contributed by atoms with E-state index in [1.807, 2.05) is 0 Å². The zero-order chi connectivity index (χ0) is 17.3. The number of nitrogens with zero attached hydrogens (tertiary/aromatic N) is 2. The van der Waals surface area contributed by atoms with Crippen molar-refractivity contribution in [1.29, 1.82) is 0 Å². The molecule has 0 atom stereocenters. The predicted octanol–water partition coefficient (Wildman–Crippen LogP) is 3.70. The summed E-state index contributed by atoms with van der Waals surface area (Å²) in [6.45, 7) is 0.114. The van der Waals surface area contributed by atoms with Gasteiger partial charge >= 0.3 is 6.18 Å². The predicted molar refractivity (Wildman–Crippen MR) is 81.5 cm³/mol. The third-order valence-electron chi connectivity index (χ3n) is 3.51. The maximum Gasteiger partial charge on any atom is 0.433 e. The zero-order valence-electron chi connectivity index (χ0n) is 12.4. The van der Waals surface area contributed by atoms with Crippen LogP contribution in [0.4, 0.5) is 13.2 Å². The van der Waals surface area contributed by atoms with Gasteiger partial charge in [0.2, 0.25) is 0 Å². The molecule has 0 aliphatic heterocycles. The molecule has 0 saturated heterocycles. The molecule has 0 radical (unpaired) electrons. The van der Waals surface area contributed by atoms with Gasteiger partial charge < -0.3 is 9.73 Å². The van der Waals surface area contributed by atoms with E-state index < -0.39 is 17.8 Å². The Bertz CT molecular complexity index is 757. The fourth-order valence-electron chi connectivity index (χ4n) is 2.17. The Morgan fingerprint density at radius 3 is 2.67 bits per heavy atom. The van der Waals surface area contributed by atoms with E-state index in [1.165, 1.54) is 6.07 Å². The number of hydrogen-bond acceptors (Lipinski definition) is 4. The molecule has 1 N–H and O–H groups in total. The summed E-state index contributed by atoms with van der Waals surface area (Å²) >= 11 is 3.09. The Balaban J connectivity index is 1.66. The Labute approximate surface area is 143 Å². The van der Waals surface area contributed by atoms with E-state index in [0.29, 0.717) is 10.4 Å². The quantitative estimate of drug-likeness (QED) is 0.826. The largest absolute Gasteiger partial charge is 0.444 e. The highest BCUT2D eigenvalue weighted by Gasteiger charge is 2.35. The van der Waals surface area contributed by atoms with Crippen LogP contribution in [-0.2, 0) is 12.6 Å². The summed E-state index contributed by atoms with van der Waals surface area (Å²) in [5, 5.41) is 2.57. The van der Waals surface area contributed by atoms with Crippen LogP contribution in [0.2, 0.25) is 0 Å². The lowest BCUT2D eigenvalue weighted by Gasteiger charge is -2.10. The monoisotopic (exact) mass is 403 g/mol. The first kappa shape index (κ1) is 16.9. The van der Waals surface area contributed by atoms with Crippen molar-refractivity contribution in [2.45, 2.75) is 31.4 Å². The molecule has 1 saturated carbocycles. The first-order valence-electron chi connectivity index (χ1n) is 7.31. The Hall–Kier alpha value is -1.90. The molecule has 1 aliphatic carbocycles. The molecule has 128 valence electrons. The van der Waals surface area contributed by atoms with Crippen LogP contribution in [0.1, 0.15) is 46.5 Å². The summed E-state index contributed by atoms with van der Waals surface area (Å²) < 4.78 is 44.3. The zero-order valence-corrected chi connectivity index (χ0v) is 13.9. The molecule has 1 fully saturated rings. The summed E-state index contributed by atoms with van der Waals surface area (Å²) in [7, 11) is 0. The molecular weight excluding hydrogens is 391 g/mol. The van der Waals surface area contributed by atoms with Gasteiger partial charge in [0, 0.05) is 24.6 Å². The van der Waals surface area contributed by atoms with E-state index in [4.69, 9.17) is 4.42 Å². The SMILES string of the molecule is O=C(NCCc1nc(C2CC2)cc(C(F)(F)F)n1)c1ccc(Br)o1. The van der Waals surface area contributed by atoms with Crippen LogP contribution in [0.5, 0.6) is 0 Å². The molecule has 9 heteroatoms. The van der Waals surface area contributed by atoms with Gasteiger partial charge in [-0.1, -0.05) is 0 Å². The number of halogens is 4. The van der Waals surface area contributed by atoms with Crippen LogP contribution in [-0.4, -0.2) is 22.4 Å². The second kappa shape index (κ2) is 6.54. The third kappa shape index (κ3) is 4.14. The van der Waals surface area contributed by atoms with Crippen molar-refractivity contribution in [3.05, 3.63) is 45.8 Å². The standard InChI is InChI=1S/C15H13BrF3N3O2/c16-12-4-3-10(24-12)14(23)20-6-5-13-21-9(8-1-2-8)7-11(22-13)15(17,18)19/h3-4,7-8H,1-2,5-6H2,(H,20,23). The highest BCUT2D eigenvalue weighted by atomic mass is 79.9. The number of nitrogens with one attached hydrogen (secondary N) is 1. The molecule has 0 unspecified atom stereocenters. The summed E-state index contributed by atoms with van der Waals surface area (Å²) in [5.41, 5.74) is -0.510. The molecule has 1 amide bonds. The average molecular weight is 404 g/mol. The Morgan fingerprint density at radius 1 is 1.33 bits per heavy atom. The van der Waals surface area contributed by atoms with E-state index in [0.717, 1.165) is 18.9 Å². The van der Waals surface area contributed by atoms with Crippen molar-refractivity contribution < 1.29 is 22.4 Å². The van der Waals surface area contributed by atoms with Crippen molar-refractivity contribution in [3.8, 4) is 0 Å². The van der Waals surface area contributed by atoms with Gasteiger partial charge in [0.25, 0.3) is 5.91 Å². The van der Waals surface area contributed by atoms with Crippen LogP contribution in [0, 0.1) is 0 Å².